The number of fused-ring (bicyclic) bond motifs is 1. The van der Waals surface area contributed by atoms with Gasteiger partial charge in [0.15, 0.2) is 0 Å². The van der Waals surface area contributed by atoms with E-state index in [1.165, 1.54) is 11.1 Å². The van der Waals surface area contributed by atoms with E-state index in [-0.39, 0.29) is 12.1 Å². The molecule has 0 bridgehead atoms. The van der Waals surface area contributed by atoms with Crippen molar-refractivity contribution in [3.8, 4) is 0 Å². The standard InChI is InChI=1S/C17H18N2O2/c20-17(21-12-13-4-2-1-3-5-13)19-16-7-6-15-11-18-9-8-14(15)10-16/h1-5,8-9,11,16H,6-7,10,12H2,(H,19,20). The number of aromatic nitrogens is 1. The van der Waals surface area contributed by atoms with Gasteiger partial charge < -0.3 is 10.1 Å². The first kappa shape index (κ1) is 13.6. The largest absolute Gasteiger partial charge is 0.445 e. The molecule has 0 aliphatic heterocycles. The topological polar surface area (TPSA) is 51.2 Å². The van der Waals surface area contributed by atoms with Gasteiger partial charge in [-0.3, -0.25) is 4.98 Å². The zero-order chi connectivity index (χ0) is 14.5. The predicted molar refractivity (Wildman–Crippen MR) is 79.8 cm³/mol. The van der Waals surface area contributed by atoms with Gasteiger partial charge in [0.2, 0.25) is 0 Å². The average Bonchev–Trinajstić information content (AvgIpc) is 2.54. The third kappa shape index (κ3) is 3.60. The predicted octanol–water partition coefficient (Wildman–Crippen LogP) is 2.87. The van der Waals surface area contributed by atoms with Gasteiger partial charge in [-0.25, -0.2) is 4.79 Å². The van der Waals surface area contributed by atoms with Crippen LogP contribution in [-0.4, -0.2) is 17.1 Å². The monoisotopic (exact) mass is 282 g/mol. The molecule has 1 aliphatic carbocycles. The summed E-state index contributed by atoms with van der Waals surface area (Å²) in [6.45, 7) is 0.305. The number of alkyl carbamates (subject to hydrolysis) is 1. The Balaban J connectivity index is 1.50. The minimum Gasteiger partial charge on any atom is -0.445 e. The highest BCUT2D eigenvalue weighted by Crippen LogP contribution is 2.20. The van der Waals surface area contributed by atoms with Crippen LogP contribution in [0.2, 0.25) is 0 Å². The summed E-state index contributed by atoms with van der Waals surface area (Å²) in [7, 11) is 0. The van der Waals surface area contributed by atoms with Crippen molar-refractivity contribution >= 4 is 6.09 Å². The van der Waals surface area contributed by atoms with Crippen molar-refractivity contribution in [2.45, 2.75) is 31.9 Å². The number of carbonyl (C=O) groups excluding carboxylic acids is 1. The number of nitrogens with one attached hydrogen (secondary N) is 1. The number of benzene rings is 1. The van der Waals surface area contributed by atoms with Crippen LogP contribution in [-0.2, 0) is 24.2 Å². The second kappa shape index (κ2) is 6.39. The van der Waals surface area contributed by atoms with Gasteiger partial charge in [0.1, 0.15) is 6.61 Å². The Bertz CT molecular complexity index is 613. The van der Waals surface area contributed by atoms with Gasteiger partial charge in [0.05, 0.1) is 0 Å². The molecule has 0 saturated heterocycles. The first-order valence-corrected chi connectivity index (χ1v) is 7.20. The van der Waals surface area contributed by atoms with Gasteiger partial charge in [-0.15, -0.1) is 0 Å². The van der Waals surface area contributed by atoms with Gasteiger partial charge in [0, 0.05) is 18.4 Å². The Morgan fingerprint density at radius 2 is 2.10 bits per heavy atom. The summed E-state index contributed by atoms with van der Waals surface area (Å²) in [4.78, 5) is 16.0. The van der Waals surface area contributed by atoms with E-state index < -0.39 is 0 Å². The Morgan fingerprint density at radius 3 is 2.95 bits per heavy atom. The second-order valence-electron chi connectivity index (χ2n) is 5.29. The van der Waals surface area contributed by atoms with Gasteiger partial charge in [-0.2, -0.15) is 0 Å². The molecule has 108 valence electrons. The Kier molecular flexibility index (Phi) is 4.15. The summed E-state index contributed by atoms with van der Waals surface area (Å²) >= 11 is 0. The van der Waals surface area contributed by atoms with Crippen LogP contribution >= 0.6 is 0 Å². The maximum atomic E-state index is 11.9. The third-order valence-corrected chi connectivity index (χ3v) is 3.77. The average molecular weight is 282 g/mol. The highest BCUT2D eigenvalue weighted by molar-refractivity contribution is 5.67. The number of hydrogen-bond acceptors (Lipinski definition) is 3. The maximum absolute atomic E-state index is 11.9. The Morgan fingerprint density at radius 1 is 1.24 bits per heavy atom. The van der Waals surface area contributed by atoms with Crippen molar-refractivity contribution in [2.75, 3.05) is 0 Å². The molecular formula is C17H18N2O2. The van der Waals surface area contributed by atoms with Crippen molar-refractivity contribution in [1.29, 1.82) is 0 Å². The van der Waals surface area contributed by atoms with Crippen LogP contribution in [0.25, 0.3) is 0 Å². The lowest BCUT2D eigenvalue weighted by molar-refractivity contribution is 0.134. The maximum Gasteiger partial charge on any atom is 0.407 e. The van der Waals surface area contributed by atoms with Gasteiger partial charge in [-0.05, 0) is 42.0 Å². The fourth-order valence-corrected chi connectivity index (χ4v) is 2.63. The first-order valence-electron chi connectivity index (χ1n) is 7.20. The molecule has 1 amide bonds. The van der Waals surface area contributed by atoms with E-state index in [4.69, 9.17) is 4.74 Å². The van der Waals surface area contributed by atoms with E-state index >= 15 is 0 Å². The fraction of sp³-hybridized carbons (Fsp3) is 0.294. The lowest BCUT2D eigenvalue weighted by Crippen LogP contribution is -2.39. The summed E-state index contributed by atoms with van der Waals surface area (Å²) in [5, 5.41) is 2.95. The molecule has 0 fully saturated rings. The number of rotatable bonds is 3. The van der Waals surface area contributed by atoms with Crippen LogP contribution in [0, 0.1) is 0 Å². The van der Waals surface area contributed by atoms with Gasteiger partial charge in [0.25, 0.3) is 0 Å². The number of aryl methyl sites for hydroxylation is 1. The van der Waals surface area contributed by atoms with Crippen LogP contribution in [0.4, 0.5) is 4.79 Å². The van der Waals surface area contributed by atoms with Crippen LogP contribution in [0.1, 0.15) is 23.1 Å². The van der Waals surface area contributed by atoms with Crippen molar-refractivity contribution in [3.05, 3.63) is 65.5 Å². The minimum atomic E-state index is -0.346. The lowest BCUT2D eigenvalue weighted by atomic mass is 9.90. The zero-order valence-corrected chi connectivity index (χ0v) is 11.8. The molecule has 1 atom stereocenters. The SMILES string of the molecule is O=C(NC1CCc2cnccc2C1)OCc1ccccc1. The van der Waals surface area contributed by atoms with E-state index in [1.54, 1.807) is 6.20 Å². The summed E-state index contributed by atoms with van der Waals surface area (Å²) in [6, 6.07) is 11.9. The minimum absolute atomic E-state index is 0.142. The molecule has 1 aromatic carbocycles. The molecule has 0 saturated carbocycles. The lowest BCUT2D eigenvalue weighted by Gasteiger charge is -2.24. The van der Waals surface area contributed by atoms with Crippen LogP contribution < -0.4 is 5.32 Å². The molecule has 1 heterocycles. The van der Waals surface area contributed by atoms with Crippen LogP contribution in [0.15, 0.2) is 48.8 Å². The zero-order valence-electron chi connectivity index (χ0n) is 11.8. The number of amides is 1. The molecule has 3 rings (SSSR count). The smallest absolute Gasteiger partial charge is 0.407 e. The highest BCUT2D eigenvalue weighted by Gasteiger charge is 2.20. The van der Waals surface area contributed by atoms with E-state index in [9.17, 15) is 4.79 Å². The van der Waals surface area contributed by atoms with Crippen molar-refractivity contribution in [2.24, 2.45) is 0 Å². The summed E-state index contributed by atoms with van der Waals surface area (Å²) in [6.07, 6.45) is 6.10. The van der Waals surface area contributed by atoms with Gasteiger partial charge >= 0.3 is 6.09 Å². The fourth-order valence-electron chi connectivity index (χ4n) is 2.63. The number of ether oxygens (including phenoxy) is 1. The van der Waals surface area contributed by atoms with E-state index in [0.717, 1.165) is 24.8 Å². The summed E-state index contributed by atoms with van der Waals surface area (Å²) in [5.41, 5.74) is 3.55. The molecule has 0 radical (unpaired) electrons. The number of pyridine rings is 1. The molecule has 1 aromatic heterocycles. The van der Waals surface area contributed by atoms with E-state index in [2.05, 4.69) is 10.3 Å². The van der Waals surface area contributed by atoms with Crippen molar-refractivity contribution < 1.29 is 9.53 Å². The number of nitrogens with zero attached hydrogens (tertiary/aromatic N) is 1. The molecule has 1 unspecified atom stereocenters. The number of hydrogen-bond donors (Lipinski definition) is 1. The van der Waals surface area contributed by atoms with E-state index in [0.29, 0.717) is 6.61 Å². The highest BCUT2D eigenvalue weighted by atomic mass is 16.5. The van der Waals surface area contributed by atoms with E-state index in [1.807, 2.05) is 42.6 Å². The Labute approximate surface area is 124 Å². The van der Waals surface area contributed by atoms with Gasteiger partial charge in [-0.1, -0.05) is 30.3 Å². The summed E-state index contributed by atoms with van der Waals surface area (Å²) < 4.78 is 5.26. The quantitative estimate of drug-likeness (QED) is 0.941. The van der Waals surface area contributed by atoms with Crippen molar-refractivity contribution in [3.63, 3.8) is 0 Å². The molecule has 4 heteroatoms. The molecule has 0 spiro atoms. The molecule has 2 aromatic rings. The third-order valence-electron chi connectivity index (χ3n) is 3.77. The summed E-state index contributed by atoms with van der Waals surface area (Å²) in [5.74, 6) is 0. The number of carbonyl (C=O) groups is 1. The molecule has 4 nitrogen and oxygen atoms in total. The van der Waals surface area contributed by atoms with Crippen molar-refractivity contribution in [1.82, 2.24) is 10.3 Å². The van der Waals surface area contributed by atoms with Crippen LogP contribution in [0.5, 0.6) is 0 Å². The Hall–Kier alpha value is -2.36. The molecular weight excluding hydrogens is 264 g/mol. The molecule has 21 heavy (non-hydrogen) atoms. The second-order valence-corrected chi connectivity index (χ2v) is 5.29. The molecule has 1 aliphatic rings. The van der Waals surface area contributed by atoms with Crippen LogP contribution in [0.3, 0.4) is 0 Å². The molecule has 1 N–H and O–H groups in total. The first-order chi connectivity index (χ1) is 10.3. The normalized spacial score (nSPS) is 16.9.